The quantitative estimate of drug-likeness (QED) is 0.537. The molecule has 0 N–H and O–H groups in total. The third-order valence-electron chi connectivity index (χ3n) is 2.98. The minimum Gasteiger partial charge on any atom is -0.379 e. The fourth-order valence-electron chi connectivity index (χ4n) is 2.12. The molecule has 2 aliphatic heterocycles. The summed E-state index contributed by atoms with van der Waals surface area (Å²) < 4.78 is 5.39. The second-order valence-electron chi connectivity index (χ2n) is 3.36. The van der Waals surface area contributed by atoms with Crippen molar-refractivity contribution in [2.75, 3.05) is 26.3 Å². The van der Waals surface area contributed by atoms with Crippen LogP contribution in [0.5, 0.6) is 0 Å². The van der Waals surface area contributed by atoms with Crippen LogP contribution in [0.1, 0.15) is 19.8 Å². The van der Waals surface area contributed by atoms with Gasteiger partial charge in [-0.05, 0) is 19.4 Å². The van der Waals surface area contributed by atoms with E-state index >= 15 is 0 Å². The van der Waals surface area contributed by atoms with Gasteiger partial charge in [0.2, 0.25) is 0 Å². The van der Waals surface area contributed by atoms with Crippen molar-refractivity contribution in [3.05, 3.63) is 0 Å². The zero-order valence-corrected chi connectivity index (χ0v) is 6.60. The van der Waals surface area contributed by atoms with Gasteiger partial charge in [-0.15, -0.1) is 0 Å². The first kappa shape index (κ1) is 6.62. The van der Waals surface area contributed by atoms with Crippen molar-refractivity contribution in [3.63, 3.8) is 0 Å². The number of likely N-dealkylation sites (N-methyl/N-ethyl adjacent to an activating group) is 1. The average Bonchev–Trinajstić information content (AvgIpc) is 2.35. The van der Waals surface area contributed by atoms with Crippen LogP contribution in [0.15, 0.2) is 0 Å². The molecule has 1 spiro atoms. The summed E-state index contributed by atoms with van der Waals surface area (Å²) in [6.45, 7) is 6.69. The Labute approximate surface area is 62.2 Å². The predicted molar refractivity (Wildman–Crippen MR) is 40.0 cm³/mol. The number of likely N-dealkylation sites (tertiary alicyclic amines) is 1. The molecule has 2 saturated heterocycles. The summed E-state index contributed by atoms with van der Waals surface area (Å²) in [7, 11) is 0. The molecule has 2 nitrogen and oxygen atoms in total. The Bertz CT molecular complexity index is 127. The number of nitrogens with zero attached hydrogens (tertiary/aromatic N) is 1. The lowest BCUT2D eigenvalue weighted by Crippen LogP contribution is -2.60. The van der Waals surface area contributed by atoms with Gasteiger partial charge in [0, 0.05) is 18.7 Å². The van der Waals surface area contributed by atoms with Crippen LogP contribution in [0, 0.1) is 0 Å². The summed E-state index contributed by atoms with van der Waals surface area (Å²) in [6.07, 6.45) is 2.63. The smallest absolute Gasteiger partial charge is 0.0651 e. The van der Waals surface area contributed by atoms with Gasteiger partial charge in [0.25, 0.3) is 0 Å². The Morgan fingerprint density at radius 1 is 1.50 bits per heavy atom. The molecular weight excluding hydrogens is 126 g/mol. The fourth-order valence-corrected chi connectivity index (χ4v) is 2.12. The van der Waals surface area contributed by atoms with Gasteiger partial charge in [-0.1, -0.05) is 6.92 Å². The van der Waals surface area contributed by atoms with E-state index in [1.165, 1.54) is 25.9 Å². The standard InChI is InChI=1S/C8H15NO/c1-2-9-5-3-8(9)4-6-10-7-8/h2-7H2,1H3/t8-/m0/s1. The highest BCUT2D eigenvalue weighted by Crippen LogP contribution is 2.37. The lowest BCUT2D eigenvalue weighted by atomic mass is 9.84. The van der Waals surface area contributed by atoms with Crippen molar-refractivity contribution < 1.29 is 4.74 Å². The molecule has 2 heterocycles. The van der Waals surface area contributed by atoms with Gasteiger partial charge in [0.1, 0.15) is 0 Å². The van der Waals surface area contributed by atoms with Crippen molar-refractivity contribution in [1.82, 2.24) is 4.90 Å². The molecule has 0 aliphatic carbocycles. The van der Waals surface area contributed by atoms with Crippen LogP contribution in [0.25, 0.3) is 0 Å². The first-order valence-electron chi connectivity index (χ1n) is 4.20. The largest absolute Gasteiger partial charge is 0.379 e. The van der Waals surface area contributed by atoms with Crippen molar-refractivity contribution >= 4 is 0 Å². The summed E-state index contributed by atoms with van der Waals surface area (Å²) in [4.78, 5) is 2.54. The molecule has 0 saturated carbocycles. The lowest BCUT2D eigenvalue weighted by Gasteiger charge is -2.49. The van der Waals surface area contributed by atoms with Gasteiger partial charge in [0.15, 0.2) is 0 Å². The van der Waals surface area contributed by atoms with Crippen molar-refractivity contribution in [2.24, 2.45) is 0 Å². The van der Waals surface area contributed by atoms with E-state index in [0.29, 0.717) is 5.54 Å². The maximum atomic E-state index is 5.39. The first-order chi connectivity index (χ1) is 4.87. The number of ether oxygens (including phenoxy) is 1. The maximum Gasteiger partial charge on any atom is 0.0651 e. The van der Waals surface area contributed by atoms with Crippen LogP contribution < -0.4 is 0 Å². The highest BCUT2D eigenvalue weighted by atomic mass is 16.5. The summed E-state index contributed by atoms with van der Waals surface area (Å²) in [5.74, 6) is 0. The molecule has 10 heavy (non-hydrogen) atoms. The third kappa shape index (κ3) is 0.722. The molecule has 0 aromatic rings. The number of hydrogen-bond donors (Lipinski definition) is 0. The van der Waals surface area contributed by atoms with Crippen LogP contribution in [0.2, 0.25) is 0 Å². The summed E-state index contributed by atoms with van der Waals surface area (Å²) in [5, 5.41) is 0. The molecule has 0 radical (unpaired) electrons. The molecule has 2 fully saturated rings. The van der Waals surface area contributed by atoms with Gasteiger partial charge >= 0.3 is 0 Å². The normalized spacial score (nSPS) is 40.5. The lowest BCUT2D eigenvalue weighted by molar-refractivity contribution is -0.0160. The second-order valence-corrected chi connectivity index (χ2v) is 3.36. The Kier molecular flexibility index (Phi) is 1.46. The van der Waals surface area contributed by atoms with E-state index in [-0.39, 0.29) is 0 Å². The van der Waals surface area contributed by atoms with Gasteiger partial charge in [-0.3, -0.25) is 4.90 Å². The Hall–Kier alpha value is -0.0800. The maximum absolute atomic E-state index is 5.39. The molecule has 0 aromatic carbocycles. The molecule has 0 amide bonds. The Morgan fingerprint density at radius 2 is 2.40 bits per heavy atom. The Balaban J connectivity index is 2.01. The topological polar surface area (TPSA) is 12.5 Å². The zero-order chi connectivity index (χ0) is 7.03. The van der Waals surface area contributed by atoms with Crippen LogP contribution in [0.3, 0.4) is 0 Å². The van der Waals surface area contributed by atoms with Crippen LogP contribution in [-0.2, 0) is 4.74 Å². The zero-order valence-electron chi connectivity index (χ0n) is 6.60. The second kappa shape index (κ2) is 2.21. The average molecular weight is 141 g/mol. The summed E-state index contributed by atoms with van der Waals surface area (Å²) >= 11 is 0. The van der Waals surface area contributed by atoms with E-state index in [0.717, 1.165) is 13.2 Å². The SMILES string of the molecule is CCN1CC[C@@]12CCOC2. The van der Waals surface area contributed by atoms with Crippen LogP contribution >= 0.6 is 0 Å². The summed E-state index contributed by atoms with van der Waals surface area (Å²) in [6, 6.07) is 0. The molecule has 0 aromatic heterocycles. The van der Waals surface area contributed by atoms with Crippen molar-refractivity contribution in [1.29, 1.82) is 0 Å². The van der Waals surface area contributed by atoms with Crippen LogP contribution in [-0.4, -0.2) is 36.7 Å². The van der Waals surface area contributed by atoms with Crippen molar-refractivity contribution in [2.45, 2.75) is 25.3 Å². The molecular formula is C8H15NO. The number of rotatable bonds is 1. The van der Waals surface area contributed by atoms with E-state index in [1.807, 2.05) is 0 Å². The van der Waals surface area contributed by atoms with E-state index in [4.69, 9.17) is 4.74 Å². The van der Waals surface area contributed by atoms with E-state index < -0.39 is 0 Å². The fraction of sp³-hybridized carbons (Fsp3) is 1.00. The Morgan fingerprint density at radius 3 is 2.80 bits per heavy atom. The monoisotopic (exact) mass is 141 g/mol. The molecule has 1 atom stereocenters. The highest BCUT2D eigenvalue weighted by Gasteiger charge is 2.46. The van der Waals surface area contributed by atoms with Gasteiger partial charge in [-0.25, -0.2) is 0 Å². The summed E-state index contributed by atoms with van der Waals surface area (Å²) in [5.41, 5.74) is 0.495. The van der Waals surface area contributed by atoms with E-state index in [1.54, 1.807) is 0 Å². The molecule has 58 valence electrons. The highest BCUT2D eigenvalue weighted by molar-refractivity contribution is 5.01. The van der Waals surface area contributed by atoms with Gasteiger partial charge < -0.3 is 4.74 Å². The molecule has 2 heteroatoms. The van der Waals surface area contributed by atoms with Crippen molar-refractivity contribution in [3.8, 4) is 0 Å². The predicted octanol–water partition coefficient (Wildman–Crippen LogP) is 0.871. The van der Waals surface area contributed by atoms with Gasteiger partial charge in [0.05, 0.1) is 6.61 Å². The molecule has 2 rings (SSSR count). The minimum absolute atomic E-state index is 0.495. The minimum atomic E-state index is 0.495. The van der Waals surface area contributed by atoms with Gasteiger partial charge in [-0.2, -0.15) is 0 Å². The first-order valence-corrected chi connectivity index (χ1v) is 4.20. The van der Waals surface area contributed by atoms with Crippen LogP contribution in [0.4, 0.5) is 0 Å². The van der Waals surface area contributed by atoms with E-state index in [9.17, 15) is 0 Å². The third-order valence-corrected chi connectivity index (χ3v) is 2.98. The molecule has 2 aliphatic rings. The molecule has 0 unspecified atom stereocenters. The van der Waals surface area contributed by atoms with E-state index in [2.05, 4.69) is 11.8 Å². The molecule has 0 bridgehead atoms. The number of hydrogen-bond acceptors (Lipinski definition) is 2.